The Hall–Kier alpha value is -1.29. The smallest absolute Gasteiger partial charge is 0.139 e. The number of piperidine rings is 1. The van der Waals surface area contributed by atoms with Crippen LogP contribution < -0.4 is 15.4 Å². The highest BCUT2D eigenvalue weighted by Crippen LogP contribution is 2.22. The topological polar surface area (TPSA) is 51.4 Å². The lowest BCUT2D eigenvalue weighted by molar-refractivity contribution is 0.412. The first-order valence-electron chi connectivity index (χ1n) is 5.29. The molecule has 1 aliphatic heterocycles. The van der Waals surface area contributed by atoms with Crippen LogP contribution in [0.1, 0.15) is 12.8 Å². The Kier molecular flexibility index (Phi) is 3.06. The van der Waals surface area contributed by atoms with Crippen molar-refractivity contribution in [2.24, 2.45) is 5.73 Å². The summed E-state index contributed by atoms with van der Waals surface area (Å²) in [5, 5.41) is 0. The van der Waals surface area contributed by atoms with E-state index in [1.165, 1.54) is 0 Å². The molecule has 0 spiro atoms. The zero-order valence-corrected chi connectivity index (χ0v) is 9.02. The molecular weight excluding hydrogens is 190 g/mol. The van der Waals surface area contributed by atoms with E-state index in [1.54, 1.807) is 13.3 Å². The fraction of sp³-hybridized carbons (Fsp3) is 0.545. The molecule has 2 rings (SSSR count). The van der Waals surface area contributed by atoms with E-state index in [9.17, 15) is 0 Å². The first-order chi connectivity index (χ1) is 7.29. The zero-order chi connectivity index (χ0) is 10.7. The summed E-state index contributed by atoms with van der Waals surface area (Å²) in [6.07, 6.45) is 5.85. The lowest BCUT2D eigenvalue weighted by Crippen LogP contribution is -2.42. The molecule has 1 aromatic rings. The summed E-state index contributed by atoms with van der Waals surface area (Å²) in [5.74, 6) is 0.798. The lowest BCUT2D eigenvalue weighted by Gasteiger charge is -2.32. The molecule has 0 amide bonds. The van der Waals surface area contributed by atoms with Gasteiger partial charge < -0.3 is 15.4 Å². The van der Waals surface area contributed by atoms with Gasteiger partial charge in [0, 0.05) is 25.2 Å². The molecule has 4 nitrogen and oxygen atoms in total. The molecule has 2 N–H and O–H groups in total. The van der Waals surface area contributed by atoms with Crippen LogP contribution in [0.25, 0.3) is 0 Å². The zero-order valence-electron chi connectivity index (χ0n) is 9.02. The molecule has 15 heavy (non-hydrogen) atoms. The molecule has 0 bridgehead atoms. The Bertz CT molecular complexity index is 329. The molecule has 1 saturated heterocycles. The standard InChI is InChI=1S/C11H17N3O/c1-15-11-5-10(6-13-7-11)14-4-2-3-9(12)8-14/h5-7,9H,2-4,8,12H2,1H3/t9-/m0/s1. The van der Waals surface area contributed by atoms with Gasteiger partial charge in [-0.15, -0.1) is 0 Å². The highest BCUT2D eigenvalue weighted by Gasteiger charge is 2.17. The summed E-state index contributed by atoms with van der Waals surface area (Å²) in [6, 6.07) is 2.29. The third kappa shape index (κ3) is 2.39. The van der Waals surface area contributed by atoms with Crippen LogP contribution in [-0.4, -0.2) is 31.2 Å². The largest absolute Gasteiger partial charge is 0.495 e. The Labute approximate surface area is 90.0 Å². The fourth-order valence-electron chi connectivity index (χ4n) is 1.94. The van der Waals surface area contributed by atoms with Gasteiger partial charge in [0.15, 0.2) is 0 Å². The van der Waals surface area contributed by atoms with E-state index < -0.39 is 0 Å². The van der Waals surface area contributed by atoms with Crippen molar-refractivity contribution in [3.8, 4) is 5.75 Å². The summed E-state index contributed by atoms with van der Waals surface area (Å²) < 4.78 is 5.15. The molecule has 1 aliphatic rings. The van der Waals surface area contributed by atoms with Crippen molar-refractivity contribution in [2.45, 2.75) is 18.9 Å². The molecule has 4 heteroatoms. The molecule has 1 fully saturated rings. The third-order valence-electron chi connectivity index (χ3n) is 2.76. The number of rotatable bonds is 2. The van der Waals surface area contributed by atoms with Crippen LogP contribution in [-0.2, 0) is 0 Å². The second-order valence-electron chi connectivity index (χ2n) is 3.93. The maximum Gasteiger partial charge on any atom is 0.139 e. The number of nitrogens with zero attached hydrogens (tertiary/aromatic N) is 2. The highest BCUT2D eigenvalue weighted by molar-refractivity contribution is 5.48. The van der Waals surface area contributed by atoms with E-state index in [2.05, 4.69) is 9.88 Å². The molecule has 0 saturated carbocycles. The van der Waals surface area contributed by atoms with Crippen LogP contribution in [0.15, 0.2) is 18.5 Å². The van der Waals surface area contributed by atoms with Crippen molar-refractivity contribution >= 4 is 5.69 Å². The maximum absolute atomic E-state index is 5.94. The summed E-state index contributed by atoms with van der Waals surface area (Å²) in [5.41, 5.74) is 7.04. The monoisotopic (exact) mass is 207 g/mol. The van der Waals surface area contributed by atoms with Crippen LogP contribution in [0.4, 0.5) is 5.69 Å². The number of hydrogen-bond donors (Lipinski definition) is 1. The second kappa shape index (κ2) is 4.49. The van der Waals surface area contributed by atoms with Crippen molar-refractivity contribution < 1.29 is 4.74 Å². The molecule has 0 unspecified atom stereocenters. The Morgan fingerprint density at radius 2 is 2.40 bits per heavy atom. The number of hydrogen-bond acceptors (Lipinski definition) is 4. The van der Waals surface area contributed by atoms with Gasteiger partial charge in [0.1, 0.15) is 5.75 Å². The Balaban J connectivity index is 2.13. The molecule has 2 heterocycles. The number of anilines is 1. The second-order valence-corrected chi connectivity index (χ2v) is 3.93. The van der Waals surface area contributed by atoms with Crippen molar-refractivity contribution in [3.63, 3.8) is 0 Å². The van der Waals surface area contributed by atoms with Crippen molar-refractivity contribution in [3.05, 3.63) is 18.5 Å². The molecule has 0 aliphatic carbocycles. The van der Waals surface area contributed by atoms with E-state index in [4.69, 9.17) is 10.5 Å². The quantitative estimate of drug-likeness (QED) is 0.786. The van der Waals surface area contributed by atoms with E-state index in [0.717, 1.165) is 37.4 Å². The Morgan fingerprint density at radius 1 is 1.53 bits per heavy atom. The summed E-state index contributed by atoms with van der Waals surface area (Å²) in [4.78, 5) is 6.42. The molecular formula is C11H17N3O. The molecule has 1 aromatic heterocycles. The van der Waals surface area contributed by atoms with Gasteiger partial charge in [-0.2, -0.15) is 0 Å². The van der Waals surface area contributed by atoms with Gasteiger partial charge in [0.05, 0.1) is 25.2 Å². The third-order valence-corrected chi connectivity index (χ3v) is 2.76. The number of methoxy groups -OCH3 is 1. The fourth-order valence-corrected chi connectivity index (χ4v) is 1.94. The predicted octanol–water partition coefficient (Wildman–Crippen LogP) is 1.02. The van der Waals surface area contributed by atoms with Crippen molar-refractivity contribution in [1.29, 1.82) is 0 Å². The van der Waals surface area contributed by atoms with Gasteiger partial charge in [-0.3, -0.25) is 4.98 Å². The highest BCUT2D eigenvalue weighted by atomic mass is 16.5. The minimum atomic E-state index is 0.282. The lowest BCUT2D eigenvalue weighted by atomic mass is 10.1. The van der Waals surface area contributed by atoms with Crippen LogP contribution in [0.3, 0.4) is 0 Å². The van der Waals surface area contributed by atoms with Gasteiger partial charge in [-0.25, -0.2) is 0 Å². The normalized spacial score (nSPS) is 21.5. The predicted molar refractivity (Wildman–Crippen MR) is 60.2 cm³/mol. The maximum atomic E-state index is 5.94. The number of nitrogens with two attached hydrogens (primary N) is 1. The van der Waals surface area contributed by atoms with Gasteiger partial charge in [0.2, 0.25) is 0 Å². The number of aromatic nitrogens is 1. The minimum Gasteiger partial charge on any atom is -0.495 e. The van der Waals surface area contributed by atoms with Gasteiger partial charge in [-0.1, -0.05) is 0 Å². The summed E-state index contributed by atoms with van der Waals surface area (Å²) in [6.45, 7) is 1.97. The van der Waals surface area contributed by atoms with Gasteiger partial charge in [0.25, 0.3) is 0 Å². The van der Waals surface area contributed by atoms with Gasteiger partial charge >= 0.3 is 0 Å². The SMILES string of the molecule is COc1cncc(N2CCC[C@H](N)C2)c1. The van der Waals surface area contributed by atoms with Crippen molar-refractivity contribution in [1.82, 2.24) is 4.98 Å². The molecule has 82 valence electrons. The summed E-state index contributed by atoms with van der Waals surface area (Å²) >= 11 is 0. The van der Waals surface area contributed by atoms with Crippen LogP contribution in [0.5, 0.6) is 5.75 Å². The number of ether oxygens (including phenoxy) is 1. The van der Waals surface area contributed by atoms with E-state index in [1.807, 2.05) is 12.3 Å². The molecule has 0 radical (unpaired) electrons. The van der Waals surface area contributed by atoms with E-state index in [-0.39, 0.29) is 6.04 Å². The molecule has 0 aromatic carbocycles. The average molecular weight is 207 g/mol. The van der Waals surface area contributed by atoms with Crippen LogP contribution in [0.2, 0.25) is 0 Å². The Morgan fingerprint density at radius 3 is 3.13 bits per heavy atom. The first kappa shape index (κ1) is 10.2. The van der Waals surface area contributed by atoms with Crippen LogP contribution in [0, 0.1) is 0 Å². The average Bonchev–Trinajstić information content (AvgIpc) is 2.29. The van der Waals surface area contributed by atoms with E-state index in [0.29, 0.717) is 0 Å². The summed E-state index contributed by atoms with van der Waals surface area (Å²) in [7, 11) is 1.66. The first-order valence-corrected chi connectivity index (χ1v) is 5.29. The van der Waals surface area contributed by atoms with E-state index >= 15 is 0 Å². The molecule has 1 atom stereocenters. The number of pyridine rings is 1. The minimum absolute atomic E-state index is 0.282. The van der Waals surface area contributed by atoms with Gasteiger partial charge in [-0.05, 0) is 12.8 Å². The van der Waals surface area contributed by atoms with Crippen molar-refractivity contribution in [2.75, 3.05) is 25.1 Å². The van der Waals surface area contributed by atoms with Crippen LogP contribution >= 0.6 is 0 Å².